The summed E-state index contributed by atoms with van der Waals surface area (Å²) in [6.07, 6.45) is 5.16. The molecule has 5 nitrogen and oxygen atoms in total. The number of carbonyl (C=O) groups is 1. The summed E-state index contributed by atoms with van der Waals surface area (Å²) in [6, 6.07) is 0.393. The maximum Gasteiger partial charge on any atom is 0.360 e. The van der Waals surface area contributed by atoms with Crippen molar-refractivity contribution in [3.63, 3.8) is 0 Å². The van der Waals surface area contributed by atoms with Crippen LogP contribution in [0, 0.1) is 0 Å². The maximum absolute atomic E-state index is 11.4. The first-order chi connectivity index (χ1) is 8.79. The molecule has 0 radical (unpaired) electrons. The van der Waals surface area contributed by atoms with Crippen molar-refractivity contribution in [2.24, 2.45) is 0 Å². The number of nitrogens with zero attached hydrogens (tertiary/aromatic N) is 1. The van der Waals surface area contributed by atoms with E-state index < -0.39 is 5.97 Å². The third-order valence-electron chi connectivity index (χ3n) is 2.74. The lowest BCUT2D eigenvalue weighted by Gasteiger charge is -2.20. The van der Waals surface area contributed by atoms with Gasteiger partial charge in [0.15, 0.2) is 5.69 Å². The lowest BCUT2D eigenvalue weighted by molar-refractivity contribution is 0.0519. The van der Waals surface area contributed by atoms with Crippen LogP contribution in [0.4, 0.5) is 6.01 Å². The van der Waals surface area contributed by atoms with Crippen LogP contribution in [0.25, 0.3) is 0 Å². The molecule has 1 saturated heterocycles. The Morgan fingerprint density at radius 2 is 2.56 bits per heavy atom. The van der Waals surface area contributed by atoms with Crippen molar-refractivity contribution in [1.29, 1.82) is 0 Å². The normalized spacial score (nSPS) is 19.5. The molecule has 1 aliphatic rings. The van der Waals surface area contributed by atoms with Crippen LogP contribution in [0.5, 0.6) is 0 Å². The Kier molecular flexibility index (Phi) is 4.92. The van der Waals surface area contributed by atoms with Gasteiger partial charge in [0.05, 0.1) is 6.61 Å². The smallest absolute Gasteiger partial charge is 0.360 e. The van der Waals surface area contributed by atoms with E-state index >= 15 is 0 Å². The van der Waals surface area contributed by atoms with E-state index in [0.29, 0.717) is 17.9 Å². The van der Waals surface area contributed by atoms with Gasteiger partial charge < -0.3 is 14.5 Å². The quantitative estimate of drug-likeness (QED) is 0.830. The van der Waals surface area contributed by atoms with E-state index in [9.17, 15) is 4.79 Å². The standard InChI is InChI=1S/C12H18N2O3S/c1-2-16-11(15)10-8-17-12(14-10)13-7-9-5-3-4-6-18-9/h8-9H,2-7H2,1H3,(H,13,14). The first kappa shape index (κ1) is 13.3. The zero-order chi connectivity index (χ0) is 12.8. The molecule has 1 atom stereocenters. The highest BCUT2D eigenvalue weighted by Gasteiger charge is 2.16. The molecule has 1 N–H and O–H groups in total. The molecular weight excluding hydrogens is 252 g/mol. The fourth-order valence-electron chi connectivity index (χ4n) is 1.82. The van der Waals surface area contributed by atoms with E-state index in [0.717, 1.165) is 6.54 Å². The van der Waals surface area contributed by atoms with Crippen molar-refractivity contribution in [2.45, 2.75) is 31.4 Å². The molecule has 0 saturated carbocycles. The molecule has 0 bridgehead atoms. The molecule has 2 heterocycles. The van der Waals surface area contributed by atoms with E-state index in [1.54, 1.807) is 6.92 Å². The number of carbonyl (C=O) groups excluding carboxylic acids is 1. The molecule has 0 aromatic carbocycles. The van der Waals surface area contributed by atoms with Crippen molar-refractivity contribution >= 4 is 23.7 Å². The monoisotopic (exact) mass is 270 g/mol. The van der Waals surface area contributed by atoms with Crippen molar-refractivity contribution in [3.05, 3.63) is 12.0 Å². The number of thioether (sulfide) groups is 1. The molecule has 0 spiro atoms. The number of aromatic nitrogens is 1. The summed E-state index contributed by atoms with van der Waals surface area (Å²) in [4.78, 5) is 15.4. The Morgan fingerprint density at radius 1 is 1.67 bits per heavy atom. The number of ether oxygens (including phenoxy) is 1. The van der Waals surface area contributed by atoms with Gasteiger partial charge in [-0.15, -0.1) is 0 Å². The Hall–Kier alpha value is -1.17. The van der Waals surface area contributed by atoms with Crippen LogP contribution in [-0.2, 0) is 4.74 Å². The summed E-state index contributed by atoms with van der Waals surface area (Å²) < 4.78 is 10.0. The zero-order valence-corrected chi connectivity index (χ0v) is 11.3. The molecule has 1 aliphatic heterocycles. The van der Waals surface area contributed by atoms with Crippen molar-refractivity contribution in [2.75, 3.05) is 24.2 Å². The van der Waals surface area contributed by atoms with E-state index in [1.807, 2.05) is 11.8 Å². The Morgan fingerprint density at radius 3 is 3.28 bits per heavy atom. The molecule has 6 heteroatoms. The van der Waals surface area contributed by atoms with Crippen molar-refractivity contribution in [1.82, 2.24) is 4.98 Å². The van der Waals surface area contributed by atoms with Crippen LogP contribution in [-0.4, -0.2) is 35.1 Å². The minimum absolute atomic E-state index is 0.218. The van der Waals surface area contributed by atoms with Crippen molar-refractivity contribution in [3.8, 4) is 0 Å². The number of esters is 1. The van der Waals surface area contributed by atoms with Crippen LogP contribution in [0.15, 0.2) is 10.7 Å². The molecule has 1 fully saturated rings. The molecule has 1 unspecified atom stereocenters. The molecular formula is C12H18N2O3S. The van der Waals surface area contributed by atoms with E-state index in [-0.39, 0.29) is 5.69 Å². The fourth-order valence-corrected chi connectivity index (χ4v) is 3.06. The highest BCUT2D eigenvalue weighted by atomic mass is 32.2. The number of hydrogen-bond acceptors (Lipinski definition) is 6. The molecule has 18 heavy (non-hydrogen) atoms. The molecule has 1 aromatic heterocycles. The average molecular weight is 270 g/mol. The number of anilines is 1. The summed E-state index contributed by atoms with van der Waals surface area (Å²) in [5.74, 6) is 0.785. The predicted molar refractivity (Wildman–Crippen MR) is 71.0 cm³/mol. The molecule has 0 aliphatic carbocycles. The van der Waals surface area contributed by atoms with Crippen LogP contribution < -0.4 is 5.32 Å². The first-order valence-corrected chi connectivity index (χ1v) is 7.32. The summed E-state index contributed by atoms with van der Waals surface area (Å²) in [5, 5.41) is 3.73. The van der Waals surface area contributed by atoms with Gasteiger partial charge in [-0.25, -0.2) is 4.79 Å². The van der Waals surface area contributed by atoms with Crippen molar-refractivity contribution < 1.29 is 13.9 Å². The number of rotatable bonds is 5. The van der Waals surface area contributed by atoms with Gasteiger partial charge in [-0.1, -0.05) is 6.42 Å². The second-order valence-electron chi connectivity index (χ2n) is 4.13. The minimum atomic E-state index is -0.443. The summed E-state index contributed by atoms with van der Waals surface area (Å²) in [5.41, 5.74) is 0.218. The van der Waals surface area contributed by atoms with Gasteiger partial charge in [-0.3, -0.25) is 0 Å². The maximum atomic E-state index is 11.4. The average Bonchev–Trinajstić information content (AvgIpc) is 2.87. The van der Waals surface area contributed by atoms with E-state index in [4.69, 9.17) is 9.15 Å². The molecule has 100 valence electrons. The molecule has 0 amide bonds. The third-order valence-corrected chi connectivity index (χ3v) is 4.14. The van der Waals surface area contributed by atoms with E-state index in [1.165, 1.54) is 31.3 Å². The van der Waals surface area contributed by atoms with Crippen LogP contribution in [0.3, 0.4) is 0 Å². The number of hydrogen-bond donors (Lipinski definition) is 1. The largest absolute Gasteiger partial charge is 0.461 e. The molecule has 1 aromatic rings. The Balaban J connectivity index is 1.80. The SMILES string of the molecule is CCOC(=O)c1coc(NCC2CCCCS2)n1. The first-order valence-electron chi connectivity index (χ1n) is 6.27. The number of nitrogens with one attached hydrogen (secondary N) is 1. The second-order valence-corrected chi connectivity index (χ2v) is 5.54. The van der Waals surface area contributed by atoms with Crippen LogP contribution in [0.2, 0.25) is 0 Å². The van der Waals surface area contributed by atoms with Gasteiger partial charge in [0.2, 0.25) is 0 Å². The van der Waals surface area contributed by atoms with Crippen LogP contribution >= 0.6 is 11.8 Å². The summed E-state index contributed by atoms with van der Waals surface area (Å²) in [7, 11) is 0. The summed E-state index contributed by atoms with van der Waals surface area (Å²) >= 11 is 1.98. The number of oxazole rings is 1. The molecule has 2 rings (SSSR count). The highest BCUT2D eigenvalue weighted by Crippen LogP contribution is 2.25. The van der Waals surface area contributed by atoms with E-state index in [2.05, 4.69) is 10.3 Å². The third kappa shape index (κ3) is 3.66. The second kappa shape index (κ2) is 6.68. The fraction of sp³-hybridized carbons (Fsp3) is 0.667. The Labute approximate surface area is 111 Å². The van der Waals surface area contributed by atoms with Gasteiger partial charge >= 0.3 is 5.97 Å². The van der Waals surface area contributed by atoms with Gasteiger partial charge in [0.25, 0.3) is 6.01 Å². The van der Waals surface area contributed by atoms with Gasteiger partial charge in [0, 0.05) is 11.8 Å². The highest BCUT2D eigenvalue weighted by molar-refractivity contribution is 7.99. The minimum Gasteiger partial charge on any atom is -0.461 e. The zero-order valence-electron chi connectivity index (χ0n) is 10.5. The van der Waals surface area contributed by atoms with Gasteiger partial charge in [-0.05, 0) is 25.5 Å². The van der Waals surface area contributed by atoms with Gasteiger partial charge in [0.1, 0.15) is 6.26 Å². The Bertz CT molecular complexity index is 388. The predicted octanol–water partition coefficient (Wildman–Crippen LogP) is 2.55. The summed E-state index contributed by atoms with van der Waals surface area (Å²) in [6.45, 7) is 2.93. The lowest BCUT2D eigenvalue weighted by Crippen LogP contribution is -2.20. The van der Waals surface area contributed by atoms with Gasteiger partial charge in [-0.2, -0.15) is 16.7 Å². The topological polar surface area (TPSA) is 64.4 Å². The lowest BCUT2D eigenvalue weighted by atomic mass is 10.2. The van der Waals surface area contributed by atoms with Crippen LogP contribution in [0.1, 0.15) is 36.7 Å².